The van der Waals surface area contributed by atoms with Crippen molar-refractivity contribution in [1.29, 1.82) is 0 Å². The molecule has 3 rings (SSSR count). The van der Waals surface area contributed by atoms with Crippen molar-refractivity contribution in [3.63, 3.8) is 0 Å². The molecular formula is C20H21F3N4OS. The minimum absolute atomic E-state index is 0.0513. The first kappa shape index (κ1) is 21.2. The number of hydrogen-bond acceptors (Lipinski definition) is 6. The quantitative estimate of drug-likeness (QED) is 0.561. The van der Waals surface area contributed by atoms with E-state index in [0.29, 0.717) is 23.5 Å². The van der Waals surface area contributed by atoms with Crippen molar-refractivity contribution < 1.29 is 17.9 Å². The minimum atomic E-state index is -4.74. The zero-order valence-electron chi connectivity index (χ0n) is 15.7. The first-order chi connectivity index (χ1) is 13.9. The van der Waals surface area contributed by atoms with E-state index in [0.717, 1.165) is 22.7 Å². The van der Waals surface area contributed by atoms with Crippen molar-refractivity contribution in [2.75, 3.05) is 6.54 Å². The molecule has 154 valence electrons. The summed E-state index contributed by atoms with van der Waals surface area (Å²) in [5.74, 6) is -0.282. The van der Waals surface area contributed by atoms with Crippen LogP contribution < -0.4 is 15.8 Å². The number of likely N-dealkylation sites (N-methyl/N-ethyl adjacent to an activating group) is 1. The van der Waals surface area contributed by atoms with Crippen LogP contribution in [0.2, 0.25) is 0 Å². The molecule has 0 fully saturated rings. The van der Waals surface area contributed by atoms with Crippen molar-refractivity contribution in [2.45, 2.75) is 32.3 Å². The number of halogens is 3. The highest BCUT2D eigenvalue weighted by atomic mass is 32.1. The standard InChI is InChI=1S/C20H21F3N4OS/c1-2-25-17(10-13-6-8-14(12-24)9-7-13)19-27-26-18(29-19)15-4-3-5-16(11-15)28-20(21,22)23/h3-9,11,17,25H,2,10,12,24H2,1H3. The van der Waals surface area contributed by atoms with Crippen molar-refractivity contribution in [1.82, 2.24) is 15.5 Å². The van der Waals surface area contributed by atoms with Crippen LogP contribution in [-0.4, -0.2) is 23.1 Å². The van der Waals surface area contributed by atoms with E-state index in [1.54, 1.807) is 6.07 Å². The van der Waals surface area contributed by atoms with Crippen LogP contribution >= 0.6 is 11.3 Å². The molecule has 3 N–H and O–H groups in total. The number of nitrogens with zero attached hydrogens (tertiary/aromatic N) is 2. The highest BCUT2D eigenvalue weighted by Gasteiger charge is 2.31. The third kappa shape index (κ3) is 5.99. The molecule has 0 aliphatic rings. The Morgan fingerprint density at radius 1 is 1.10 bits per heavy atom. The molecule has 2 aromatic carbocycles. The van der Waals surface area contributed by atoms with Gasteiger partial charge in [-0.1, -0.05) is 54.7 Å². The summed E-state index contributed by atoms with van der Waals surface area (Å²) in [6, 6.07) is 13.8. The second-order valence-corrected chi connectivity index (χ2v) is 7.37. The van der Waals surface area contributed by atoms with E-state index in [-0.39, 0.29) is 11.8 Å². The molecule has 3 aromatic rings. The van der Waals surface area contributed by atoms with E-state index in [1.165, 1.54) is 29.5 Å². The summed E-state index contributed by atoms with van der Waals surface area (Å²) in [4.78, 5) is 0. The monoisotopic (exact) mass is 422 g/mol. The number of nitrogens with one attached hydrogen (secondary N) is 1. The Hall–Kier alpha value is -2.49. The molecule has 1 aromatic heterocycles. The summed E-state index contributed by atoms with van der Waals surface area (Å²) in [7, 11) is 0. The lowest BCUT2D eigenvalue weighted by molar-refractivity contribution is -0.274. The van der Waals surface area contributed by atoms with Gasteiger partial charge in [0.1, 0.15) is 15.8 Å². The van der Waals surface area contributed by atoms with Crippen LogP contribution in [-0.2, 0) is 13.0 Å². The molecule has 9 heteroatoms. The topological polar surface area (TPSA) is 73.1 Å². The van der Waals surface area contributed by atoms with Gasteiger partial charge in [0.05, 0.1) is 6.04 Å². The predicted molar refractivity (Wildman–Crippen MR) is 106 cm³/mol. The minimum Gasteiger partial charge on any atom is -0.406 e. The molecule has 0 aliphatic heterocycles. The summed E-state index contributed by atoms with van der Waals surface area (Å²) >= 11 is 1.35. The predicted octanol–water partition coefficient (Wildman–Crippen LogP) is 4.46. The number of alkyl halides is 3. The molecule has 0 amide bonds. The lowest BCUT2D eigenvalue weighted by Crippen LogP contribution is -2.22. The Labute approximate surface area is 170 Å². The fourth-order valence-electron chi connectivity index (χ4n) is 2.86. The summed E-state index contributed by atoms with van der Waals surface area (Å²) in [5, 5.41) is 13.1. The van der Waals surface area contributed by atoms with Crippen molar-refractivity contribution in [3.05, 3.63) is 64.7 Å². The molecule has 0 spiro atoms. The van der Waals surface area contributed by atoms with Gasteiger partial charge in [0, 0.05) is 12.1 Å². The Morgan fingerprint density at radius 3 is 2.48 bits per heavy atom. The maximum Gasteiger partial charge on any atom is 0.573 e. The van der Waals surface area contributed by atoms with Gasteiger partial charge < -0.3 is 15.8 Å². The van der Waals surface area contributed by atoms with Crippen molar-refractivity contribution >= 4 is 11.3 Å². The van der Waals surface area contributed by atoms with E-state index in [9.17, 15) is 13.2 Å². The number of benzene rings is 2. The lowest BCUT2D eigenvalue weighted by atomic mass is 10.0. The van der Waals surface area contributed by atoms with Gasteiger partial charge in [-0.05, 0) is 36.2 Å². The molecule has 0 saturated heterocycles. The van der Waals surface area contributed by atoms with Crippen molar-refractivity contribution in [2.24, 2.45) is 5.73 Å². The van der Waals surface area contributed by atoms with Crippen LogP contribution in [0.25, 0.3) is 10.6 Å². The Balaban J connectivity index is 1.79. The van der Waals surface area contributed by atoms with Gasteiger partial charge in [-0.3, -0.25) is 0 Å². The smallest absolute Gasteiger partial charge is 0.406 e. The van der Waals surface area contributed by atoms with Crippen molar-refractivity contribution in [3.8, 4) is 16.3 Å². The zero-order chi connectivity index (χ0) is 20.9. The maximum atomic E-state index is 12.5. The van der Waals surface area contributed by atoms with Gasteiger partial charge in [0.2, 0.25) is 0 Å². The van der Waals surface area contributed by atoms with Gasteiger partial charge >= 0.3 is 6.36 Å². The van der Waals surface area contributed by atoms with Crippen LogP contribution in [0.4, 0.5) is 13.2 Å². The van der Waals surface area contributed by atoms with E-state index < -0.39 is 6.36 Å². The average molecular weight is 422 g/mol. The maximum absolute atomic E-state index is 12.5. The van der Waals surface area contributed by atoms with E-state index in [2.05, 4.69) is 20.3 Å². The third-order valence-electron chi connectivity index (χ3n) is 4.20. The highest BCUT2D eigenvalue weighted by Crippen LogP contribution is 2.32. The molecule has 1 unspecified atom stereocenters. The second-order valence-electron chi connectivity index (χ2n) is 6.36. The Bertz CT molecular complexity index is 928. The van der Waals surface area contributed by atoms with E-state index >= 15 is 0 Å². The summed E-state index contributed by atoms with van der Waals surface area (Å²) in [5.41, 5.74) is 8.36. The molecule has 0 radical (unpaired) electrons. The van der Waals surface area contributed by atoms with Crippen LogP contribution in [0, 0.1) is 0 Å². The van der Waals surface area contributed by atoms with Crippen LogP contribution in [0.1, 0.15) is 29.1 Å². The summed E-state index contributed by atoms with van der Waals surface area (Å²) in [6.07, 6.45) is -4.02. The van der Waals surface area contributed by atoms with Gasteiger partial charge in [-0.2, -0.15) is 0 Å². The van der Waals surface area contributed by atoms with Gasteiger partial charge in [0.25, 0.3) is 0 Å². The van der Waals surface area contributed by atoms with Gasteiger partial charge in [0.15, 0.2) is 0 Å². The number of nitrogens with two attached hydrogens (primary N) is 1. The summed E-state index contributed by atoms with van der Waals surface area (Å²) in [6.45, 7) is 3.24. The van der Waals surface area contributed by atoms with Crippen LogP contribution in [0.3, 0.4) is 0 Å². The highest BCUT2D eigenvalue weighted by molar-refractivity contribution is 7.14. The normalized spacial score (nSPS) is 12.7. The number of aromatic nitrogens is 2. The third-order valence-corrected chi connectivity index (χ3v) is 5.29. The molecule has 0 saturated carbocycles. The SMILES string of the molecule is CCNC(Cc1ccc(CN)cc1)c1nnc(-c2cccc(OC(F)(F)F)c2)s1. The summed E-state index contributed by atoms with van der Waals surface area (Å²) < 4.78 is 41.4. The molecule has 0 aliphatic carbocycles. The second kappa shape index (κ2) is 9.34. The number of ether oxygens (including phenoxy) is 1. The Morgan fingerprint density at radius 2 is 1.83 bits per heavy atom. The van der Waals surface area contributed by atoms with Crippen LogP contribution in [0.15, 0.2) is 48.5 Å². The molecule has 29 heavy (non-hydrogen) atoms. The molecule has 1 atom stereocenters. The lowest BCUT2D eigenvalue weighted by Gasteiger charge is -2.15. The molecule has 5 nitrogen and oxygen atoms in total. The molecular weight excluding hydrogens is 401 g/mol. The fraction of sp³-hybridized carbons (Fsp3) is 0.300. The number of rotatable bonds is 8. The van der Waals surface area contributed by atoms with Crippen LogP contribution in [0.5, 0.6) is 5.75 Å². The average Bonchev–Trinajstić information content (AvgIpc) is 3.17. The molecule has 0 bridgehead atoms. The first-order valence-electron chi connectivity index (χ1n) is 9.09. The zero-order valence-corrected chi connectivity index (χ0v) is 16.6. The molecule has 1 heterocycles. The van der Waals surface area contributed by atoms with E-state index in [4.69, 9.17) is 5.73 Å². The van der Waals surface area contributed by atoms with E-state index in [1.807, 2.05) is 31.2 Å². The van der Waals surface area contributed by atoms with Gasteiger partial charge in [-0.15, -0.1) is 23.4 Å². The first-order valence-corrected chi connectivity index (χ1v) is 9.90. The number of hydrogen-bond donors (Lipinski definition) is 2. The van der Waals surface area contributed by atoms with Gasteiger partial charge in [-0.25, -0.2) is 0 Å². The fourth-order valence-corrected chi connectivity index (χ4v) is 3.77. The Kier molecular flexibility index (Phi) is 6.83. The largest absolute Gasteiger partial charge is 0.573 e.